The Kier molecular flexibility index (Phi) is 39.0. The first-order valence-electron chi connectivity index (χ1n) is 38.6. The summed E-state index contributed by atoms with van der Waals surface area (Å²) >= 11 is 0. The van der Waals surface area contributed by atoms with Crippen LogP contribution in [0.3, 0.4) is 0 Å². The van der Waals surface area contributed by atoms with Crippen LogP contribution in [0.1, 0.15) is 312 Å². The van der Waals surface area contributed by atoms with E-state index in [9.17, 15) is 28.8 Å². The first-order chi connectivity index (χ1) is 46.1. The molecular weight excluding hydrogens is 1250 g/mol. The molecule has 10 aliphatic carbocycles. The highest BCUT2D eigenvalue weighted by Gasteiger charge is 2.52. The van der Waals surface area contributed by atoms with Gasteiger partial charge in [0.25, 0.3) is 0 Å². The highest BCUT2D eigenvalue weighted by Crippen LogP contribution is 2.60. The fourth-order valence-corrected chi connectivity index (χ4v) is 14.8. The Balaban J connectivity index is 0.000000311. The molecule has 10 saturated carbocycles. The number of carbonyl (C=O) groups excluding carboxylic acids is 6. The summed E-state index contributed by atoms with van der Waals surface area (Å²) in [6.07, 6.45) is 32.2. The molecule has 572 valence electrons. The van der Waals surface area contributed by atoms with Gasteiger partial charge in [-0.1, -0.05) is 80.1 Å². The summed E-state index contributed by atoms with van der Waals surface area (Å²) < 4.78 is 63.6. The van der Waals surface area contributed by atoms with Crippen LogP contribution in [0, 0.1) is 85.2 Å². The molecule has 1 unspecified atom stereocenters. The minimum Gasteiger partial charge on any atom is -0.438 e. The molecule has 18 nitrogen and oxygen atoms in total. The molecule has 18 heteroatoms. The molecule has 0 aromatic heterocycles. The fraction of sp³-hybridized carbons (Fsp3) is 0.925. The maximum atomic E-state index is 12.1. The number of methoxy groups -OCH3 is 1. The van der Waals surface area contributed by atoms with Crippen LogP contribution in [0.5, 0.6) is 0 Å². The average Bonchev–Trinajstić information content (AvgIpc) is 0.763. The Labute approximate surface area is 595 Å². The van der Waals surface area contributed by atoms with E-state index in [4.69, 9.17) is 52.1 Å². The van der Waals surface area contributed by atoms with Crippen molar-refractivity contribution in [3.8, 4) is 0 Å². The number of esters is 6. The van der Waals surface area contributed by atoms with Crippen LogP contribution in [-0.2, 0) is 85.6 Å². The van der Waals surface area contributed by atoms with E-state index in [0.29, 0.717) is 36.8 Å². The summed E-state index contributed by atoms with van der Waals surface area (Å²) in [5, 5.41) is 0. The zero-order valence-corrected chi connectivity index (χ0v) is 65.9. The summed E-state index contributed by atoms with van der Waals surface area (Å²) in [5.41, 5.74) is -1.98. The molecule has 98 heavy (non-hydrogen) atoms. The predicted molar refractivity (Wildman–Crippen MR) is 382 cm³/mol. The van der Waals surface area contributed by atoms with Crippen LogP contribution >= 0.6 is 0 Å². The number of hydrogen-bond donors (Lipinski definition) is 0. The van der Waals surface area contributed by atoms with Gasteiger partial charge in [0.05, 0.1) is 51.3 Å². The number of hydrogen-bond acceptors (Lipinski definition) is 18. The molecule has 10 fully saturated rings. The van der Waals surface area contributed by atoms with Crippen molar-refractivity contribution in [3.05, 3.63) is 0 Å². The Hall–Kier alpha value is -3.42. The van der Waals surface area contributed by atoms with Gasteiger partial charge in [-0.2, -0.15) is 0 Å². The van der Waals surface area contributed by atoms with Crippen molar-refractivity contribution >= 4 is 35.8 Å². The largest absolute Gasteiger partial charge is 0.438 e. The van der Waals surface area contributed by atoms with Gasteiger partial charge in [0.2, 0.25) is 6.29 Å². The molecule has 0 aromatic rings. The van der Waals surface area contributed by atoms with Gasteiger partial charge in [-0.3, -0.25) is 28.8 Å². The second-order valence-corrected chi connectivity index (χ2v) is 33.8. The van der Waals surface area contributed by atoms with E-state index in [1.807, 2.05) is 138 Å². The van der Waals surface area contributed by atoms with Gasteiger partial charge in [-0.05, 0) is 279 Å². The highest BCUT2D eigenvalue weighted by molar-refractivity contribution is 5.77. The van der Waals surface area contributed by atoms with Gasteiger partial charge in [0, 0.05) is 26.2 Å². The average molecular weight is 1390 g/mol. The van der Waals surface area contributed by atoms with Gasteiger partial charge in [0.15, 0.2) is 34.0 Å². The van der Waals surface area contributed by atoms with Crippen LogP contribution < -0.4 is 0 Å². The number of carbonyl (C=O) groups is 6. The molecule has 0 saturated heterocycles. The third-order valence-corrected chi connectivity index (χ3v) is 23.5. The quantitative estimate of drug-likeness (QED) is 0.0273. The van der Waals surface area contributed by atoms with E-state index in [1.54, 1.807) is 0 Å². The lowest BCUT2D eigenvalue weighted by Gasteiger charge is -2.56. The second-order valence-electron chi connectivity index (χ2n) is 33.8. The summed E-state index contributed by atoms with van der Waals surface area (Å²) in [7, 11) is 1.49. The minimum absolute atomic E-state index is 0.0439. The molecule has 0 amide bonds. The molecule has 0 radical (unpaired) electrons. The summed E-state index contributed by atoms with van der Waals surface area (Å²) in [6, 6.07) is 0. The Morgan fingerprint density at radius 1 is 0.378 bits per heavy atom. The summed E-state index contributed by atoms with van der Waals surface area (Å²) in [6.45, 7) is 41.0. The van der Waals surface area contributed by atoms with E-state index >= 15 is 0 Å². The number of rotatable bonds is 31. The molecule has 8 bridgehead atoms. The fourth-order valence-electron chi connectivity index (χ4n) is 14.8. The Bertz CT molecular complexity index is 2250. The van der Waals surface area contributed by atoms with Crippen LogP contribution in [-0.4, -0.2) is 115 Å². The van der Waals surface area contributed by atoms with Crippen molar-refractivity contribution in [2.24, 2.45) is 85.2 Å². The first kappa shape index (κ1) is 88.8. The van der Waals surface area contributed by atoms with Crippen molar-refractivity contribution in [1.82, 2.24) is 0 Å². The lowest BCUT2D eigenvalue weighted by Crippen LogP contribution is -2.49. The zero-order chi connectivity index (χ0) is 73.5. The van der Waals surface area contributed by atoms with Crippen molar-refractivity contribution in [3.63, 3.8) is 0 Å². The van der Waals surface area contributed by atoms with Gasteiger partial charge in [0.1, 0.15) is 0 Å². The molecule has 0 aromatic carbocycles. The van der Waals surface area contributed by atoms with Gasteiger partial charge >= 0.3 is 35.8 Å². The van der Waals surface area contributed by atoms with E-state index in [-0.39, 0.29) is 76.1 Å². The van der Waals surface area contributed by atoms with Gasteiger partial charge < -0.3 is 56.8 Å². The molecular formula is C80H144O18. The summed E-state index contributed by atoms with van der Waals surface area (Å²) in [4.78, 5) is 70.0. The van der Waals surface area contributed by atoms with E-state index in [0.717, 1.165) is 112 Å². The third-order valence-electron chi connectivity index (χ3n) is 23.5. The predicted octanol–water partition coefficient (Wildman–Crippen LogP) is 18.6. The third kappa shape index (κ3) is 29.7. The molecule has 10 rings (SSSR count). The van der Waals surface area contributed by atoms with Crippen molar-refractivity contribution in [2.45, 2.75) is 330 Å². The molecule has 1 atom stereocenters. The first-order valence-corrected chi connectivity index (χ1v) is 38.6. The van der Waals surface area contributed by atoms with E-state index in [2.05, 4.69) is 4.74 Å². The highest BCUT2D eigenvalue weighted by atomic mass is 16.7. The second kappa shape index (κ2) is 43.0. The van der Waals surface area contributed by atoms with Crippen LogP contribution in [0.25, 0.3) is 0 Å². The minimum atomic E-state index is -0.413. The Morgan fingerprint density at radius 2 is 0.714 bits per heavy atom. The summed E-state index contributed by atoms with van der Waals surface area (Å²) in [5.74, 6) is 5.62. The smallest absolute Gasteiger partial charge is 0.313 e. The monoisotopic (exact) mass is 1390 g/mol. The van der Waals surface area contributed by atoms with E-state index < -0.39 is 32.5 Å². The topological polar surface area (TPSA) is 213 Å². The van der Waals surface area contributed by atoms with Crippen molar-refractivity contribution in [2.75, 3.05) is 60.9 Å². The van der Waals surface area contributed by atoms with Gasteiger partial charge in [-0.25, -0.2) is 0 Å². The lowest BCUT2D eigenvalue weighted by atomic mass is 9.50. The molecule has 0 heterocycles. The van der Waals surface area contributed by atoms with Crippen LogP contribution in [0.2, 0.25) is 0 Å². The van der Waals surface area contributed by atoms with Crippen LogP contribution in [0.4, 0.5) is 0 Å². The zero-order valence-electron chi connectivity index (χ0n) is 65.9. The molecule has 0 aliphatic heterocycles. The van der Waals surface area contributed by atoms with Crippen LogP contribution in [0.15, 0.2) is 0 Å². The maximum absolute atomic E-state index is 12.1. The van der Waals surface area contributed by atoms with Crippen molar-refractivity contribution < 1.29 is 85.6 Å². The lowest BCUT2D eigenvalue weighted by molar-refractivity contribution is -0.202. The SMILES string of the molecule is CCC(C)(C)C(=O)OCOC.CCC(C)(C)C(=O)OCOC1C2CC3CC(C2)CC1C3.CCC(C)(C)C(=O)OCOC1CCCCC1.CCC(C)(C)C(=O)OCOCC12CC3CC(CC(C3)C1)C2.CCOC(OC(=O)C(C)(C)CC)C1CCCCC1.CCOCOC(=O)C(C)(C)CC. The number of ether oxygens (including phenoxy) is 12. The molecule has 10 aliphatic rings. The molecule has 0 spiro atoms. The normalized spacial score (nSPS) is 25.3. The molecule has 0 N–H and O–H groups in total. The standard InChI is InChI=1S/C18H30O3.C17H28O3.C15H28O3.C13H24O3.C9H18O3.C8H16O3/c1-4-17(2,3)16(19)21-12-20-11-18-8-13-5-14(9-18)7-15(6-13)10-18;1-4-17(2,3)16(18)20-10-19-15-13-6-11-5-12(8-13)9-14(15)7-11;1-5-15(3,4)14(16)18-13(17-6-2)12-10-8-7-9-11-12;1-4-13(2,3)12(14)16-10-15-11-8-6-5-7-9-11;1-5-9(3,4)8(10)12-7-11-6-2;1-5-8(2,3)7(9)11-6-10-4/h13-15H,4-12H2,1-3H3;11-15H,4-10H2,1-3H3;12-13H,5-11H2,1-4H3;11H,4-10H2,1-3H3;5-7H2,1-4H3;5-6H2,1-4H3. The Morgan fingerprint density at radius 3 is 1.08 bits per heavy atom. The van der Waals surface area contributed by atoms with Crippen molar-refractivity contribution in [1.29, 1.82) is 0 Å². The van der Waals surface area contributed by atoms with Gasteiger partial charge in [-0.15, -0.1) is 0 Å². The van der Waals surface area contributed by atoms with E-state index in [1.165, 1.54) is 116 Å². The maximum Gasteiger partial charge on any atom is 0.313 e.